The lowest BCUT2D eigenvalue weighted by molar-refractivity contribution is -0.128. The molecule has 1 N–H and O–H groups in total. The highest BCUT2D eigenvalue weighted by atomic mass is 16.5. The fourth-order valence-corrected chi connectivity index (χ4v) is 4.92. The minimum Gasteiger partial charge on any atom is -0.493 e. The first-order chi connectivity index (χ1) is 16.4. The van der Waals surface area contributed by atoms with E-state index in [-0.39, 0.29) is 24.8 Å². The molecular formula is C24H32N4O6. The molecule has 1 aromatic heterocycles. The van der Waals surface area contributed by atoms with Gasteiger partial charge in [0.15, 0.2) is 17.3 Å². The Morgan fingerprint density at radius 1 is 1.09 bits per heavy atom. The number of benzene rings is 1. The van der Waals surface area contributed by atoms with Crippen molar-refractivity contribution in [1.29, 1.82) is 0 Å². The molecule has 184 valence electrons. The summed E-state index contributed by atoms with van der Waals surface area (Å²) in [7, 11) is 4.57. The number of hydrogen-bond donors (Lipinski definition) is 1. The van der Waals surface area contributed by atoms with E-state index in [0.29, 0.717) is 34.7 Å². The van der Waals surface area contributed by atoms with Crippen molar-refractivity contribution < 1.29 is 28.3 Å². The molecule has 2 amide bonds. The molecule has 0 bridgehead atoms. The van der Waals surface area contributed by atoms with Gasteiger partial charge in [0.25, 0.3) is 0 Å². The van der Waals surface area contributed by atoms with Crippen LogP contribution in [0.25, 0.3) is 0 Å². The molecule has 2 fully saturated rings. The zero-order valence-corrected chi connectivity index (χ0v) is 20.2. The van der Waals surface area contributed by atoms with Gasteiger partial charge in [0, 0.05) is 32.0 Å². The molecule has 1 saturated carbocycles. The van der Waals surface area contributed by atoms with E-state index < -0.39 is 11.5 Å². The van der Waals surface area contributed by atoms with Gasteiger partial charge in [-0.05, 0) is 12.8 Å². The number of carbonyl (C=O) groups excluding carboxylic acids is 2. The smallest absolute Gasteiger partial charge is 0.227 e. The van der Waals surface area contributed by atoms with Crippen molar-refractivity contribution in [2.75, 3.05) is 32.8 Å². The second-order valence-corrected chi connectivity index (χ2v) is 8.91. The van der Waals surface area contributed by atoms with E-state index in [1.165, 1.54) is 21.3 Å². The highest BCUT2D eigenvalue weighted by molar-refractivity contribution is 6.01. The molecule has 1 aliphatic carbocycles. The van der Waals surface area contributed by atoms with Crippen LogP contribution in [-0.4, -0.2) is 49.8 Å². The van der Waals surface area contributed by atoms with Crippen LogP contribution in [0.2, 0.25) is 0 Å². The summed E-state index contributed by atoms with van der Waals surface area (Å²) in [5.74, 6) is 1.51. The Hall–Kier alpha value is -3.30. The molecule has 10 heteroatoms. The second-order valence-electron chi connectivity index (χ2n) is 8.91. The van der Waals surface area contributed by atoms with Crippen LogP contribution in [0.5, 0.6) is 17.2 Å². The number of nitrogens with one attached hydrogen (secondary N) is 1. The number of amides is 2. The van der Waals surface area contributed by atoms with E-state index in [0.717, 1.165) is 38.5 Å². The van der Waals surface area contributed by atoms with Gasteiger partial charge < -0.3 is 29.0 Å². The normalized spacial score (nSPS) is 20.1. The molecule has 4 rings (SSSR count). The van der Waals surface area contributed by atoms with Crippen LogP contribution >= 0.6 is 0 Å². The minimum atomic E-state index is -0.672. The molecule has 2 aromatic rings. The van der Waals surface area contributed by atoms with Gasteiger partial charge in [-0.3, -0.25) is 9.59 Å². The molecule has 2 aliphatic rings. The summed E-state index contributed by atoms with van der Waals surface area (Å²) < 4.78 is 21.5. The predicted molar refractivity (Wildman–Crippen MR) is 123 cm³/mol. The van der Waals surface area contributed by atoms with Gasteiger partial charge in [-0.2, -0.15) is 4.98 Å². The molecule has 1 saturated heterocycles. The summed E-state index contributed by atoms with van der Waals surface area (Å²) in [5.41, 5.74) is -0.0817. The third kappa shape index (κ3) is 4.53. The van der Waals surface area contributed by atoms with Gasteiger partial charge in [-0.1, -0.05) is 30.8 Å². The summed E-state index contributed by atoms with van der Waals surface area (Å²) >= 11 is 0. The lowest BCUT2D eigenvalue weighted by atomic mass is 9.88. The fraction of sp³-hybridized carbons (Fsp3) is 0.583. The lowest BCUT2D eigenvalue weighted by Gasteiger charge is -2.32. The van der Waals surface area contributed by atoms with Gasteiger partial charge in [-0.25, -0.2) is 0 Å². The maximum atomic E-state index is 13.4. The van der Waals surface area contributed by atoms with Crippen molar-refractivity contribution in [3.05, 3.63) is 23.8 Å². The highest BCUT2D eigenvalue weighted by Gasteiger charge is 2.43. The van der Waals surface area contributed by atoms with Crippen molar-refractivity contribution in [1.82, 2.24) is 15.5 Å². The molecule has 1 atom stereocenters. The Bertz CT molecular complexity index is 1020. The van der Waals surface area contributed by atoms with Crippen LogP contribution < -0.4 is 24.4 Å². The molecule has 0 radical (unpaired) electrons. The van der Waals surface area contributed by atoms with E-state index in [2.05, 4.69) is 15.5 Å². The Labute approximate surface area is 198 Å². The number of anilines is 1. The summed E-state index contributed by atoms with van der Waals surface area (Å²) in [6.07, 6.45) is 5.74. The summed E-state index contributed by atoms with van der Waals surface area (Å²) in [5, 5.41) is 7.37. The number of methoxy groups -OCH3 is 3. The largest absolute Gasteiger partial charge is 0.493 e. The average Bonchev–Trinajstić information content (AvgIpc) is 3.38. The number of aryl methyl sites for hydroxylation is 1. The number of aromatic nitrogens is 2. The number of carbonyl (C=O) groups is 2. The van der Waals surface area contributed by atoms with Gasteiger partial charge in [0.05, 0.1) is 32.9 Å². The van der Waals surface area contributed by atoms with Crippen LogP contribution in [0, 0.1) is 12.8 Å². The van der Waals surface area contributed by atoms with Crippen molar-refractivity contribution >= 4 is 17.5 Å². The highest BCUT2D eigenvalue weighted by Crippen LogP contribution is 2.42. The van der Waals surface area contributed by atoms with E-state index in [1.807, 2.05) is 0 Å². The summed E-state index contributed by atoms with van der Waals surface area (Å²) in [6, 6.07) is 3.43. The van der Waals surface area contributed by atoms with E-state index in [9.17, 15) is 9.59 Å². The Kier molecular flexibility index (Phi) is 6.95. The van der Waals surface area contributed by atoms with Gasteiger partial charge in [-0.15, -0.1) is 0 Å². The standard InChI is InChI=1S/C24H32N4O6/c1-15-25-23(27-34-15)24(9-7-5-6-8-10-24)26-22(30)16-11-20(29)28(14-16)17-12-18(31-2)21(33-4)19(13-17)32-3/h12-13,16H,5-11,14H2,1-4H3,(H,26,30). The Morgan fingerprint density at radius 2 is 1.74 bits per heavy atom. The van der Waals surface area contributed by atoms with E-state index in [1.54, 1.807) is 24.0 Å². The maximum Gasteiger partial charge on any atom is 0.227 e. The monoisotopic (exact) mass is 472 g/mol. The second kappa shape index (κ2) is 9.90. The van der Waals surface area contributed by atoms with Crippen molar-refractivity contribution in [2.24, 2.45) is 5.92 Å². The van der Waals surface area contributed by atoms with Crippen LogP contribution in [0.1, 0.15) is 56.7 Å². The lowest BCUT2D eigenvalue weighted by Crippen LogP contribution is -2.49. The molecule has 1 aliphatic heterocycles. The predicted octanol–water partition coefficient (Wildman–Crippen LogP) is 3.12. The third-order valence-electron chi connectivity index (χ3n) is 6.73. The topological polar surface area (TPSA) is 116 Å². The van der Waals surface area contributed by atoms with Gasteiger partial charge >= 0.3 is 0 Å². The van der Waals surface area contributed by atoms with Crippen molar-refractivity contribution in [2.45, 2.75) is 57.4 Å². The molecule has 10 nitrogen and oxygen atoms in total. The van der Waals surface area contributed by atoms with Crippen LogP contribution in [0.3, 0.4) is 0 Å². The zero-order valence-electron chi connectivity index (χ0n) is 20.2. The van der Waals surface area contributed by atoms with Crippen molar-refractivity contribution in [3.8, 4) is 17.2 Å². The van der Waals surface area contributed by atoms with E-state index in [4.69, 9.17) is 18.7 Å². The van der Waals surface area contributed by atoms with Crippen LogP contribution in [-0.2, 0) is 15.1 Å². The molecule has 1 aromatic carbocycles. The quantitative estimate of drug-likeness (QED) is 0.611. The number of hydrogen-bond acceptors (Lipinski definition) is 8. The summed E-state index contributed by atoms with van der Waals surface area (Å²) in [6.45, 7) is 2.00. The minimum absolute atomic E-state index is 0.115. The number of nitrogens with zero attached hydrogens (tertiary/aromatic N) is 3. The Balaban J connectivity index is 1.56. The molecule has 2 heterocycles. The first-order valence-corrected chi connectivity index (χ1v) is 11.6. The summed E-state index contributed by atoms with van der Waals surface area (Å²) in [4.78, 5) is 32.4. The zero-order chi connectivity index (χ0) is 24.3. The fourth-order valence-electron chi connectivity index (χ4n) is 4.92. The number of rotatable bonds is 7. The first-order valence-electron chi connectivity index (χ1n) is 11.6. The van der Waals surface area contributed by atoms with Gasteiger partial charge in [0.1, 0.15) is 5.54 Å². The van der Waals surface area contributed by atoms with Crippen LogP contribution in [0.4, 0.5) is 5.69 Å². The maximum absolute atomic E-state index is 13.4. The molecule has 1 unspecified atom stereocenters. The third-order valence-corrected chi connectivity index (χ3v) is 6.73. The van der Waals surface area contributed by atoms with Crippen LogP contribution in [0.15, 0.2) is 16.7 Å². The Morgan fingerprint density at radius 3 is 2.26 bits per heavy atom. The number of ether oxygens (including phenoxy) is 3. The van der Waals surface area contributed by atoms with Gasteiger partial charge in [0.2, 0.25) is 23.5 Å². The molecule has 0 spiro atoms. The van der Waals surface area contributed by atoms with E-state index >= 15 is 0 Å². The SMILES string of the molecule is COc1cc(N2CC(C(=O)NC3(c4noc(C)n4)CCCCCC3)CC2=O)cc(OC)c1OC. The molecule has 34 heavy (non-hydrogen) atoms. The van der Waals surface area contributed by atoms with Crippen molar-refractivity contribution in [3.63, 3.8) is 0 Å². The average molecular weight is 473 g/mol. The molecular weight excluding hydrogens is 440 g/mol. The first kappa shape index (κ1) is 23.8.